The van der Waals surface area contributed by atoms with Gasteiger partial charge in [-0.3, -0.25) is 9.94 Å². The van der Waals surface area contributed by atoms with Crippen molar-refractivity contribution in [3.05, 3.63) is 89.7 Å². The molecule has 2 aromatic carbocycles. The summed E-state index contributed by atoms with van der Waals surface area (Å²) in [7, 11) is 0. The van der Waals surface area contributed by atoms with E-state index in [0.717, 1.165) is 34.1 Å². The molecule has 1 aliphatic rings. The lowest BCUT2D eigenvalue weighted by Gasteiger charge is -2.23. The quantitative estimate of drug-likeness (QED) is 0.485. The summed E-state index contributed by atoms with van der Waals surface area (Å²) in [6, 6.07) is 18.8. The summed E-state index contributed by atoms with van der Waals surface area (Å²) in [5.74, 6) is 6.22. The lowest BCUT2D eigenvalue weighted by Crippen LogP contribution is -2.33. The van der Waals surface area contributed by atoms with Crippen LogP contribution in [0, 0.1) is 11.8 Å². The van der Waals surface area contributed by atoms with Crippen molar-refractivity contribution in [1.29, 1.82) is 0 Å². The second-order valence-electron chi connectivity index (χ2n) is 7.17. The predicted octanol–water partition coefficient (Wildman–Crippen LogP) is 4.27. The van der Waals surface area contributed by atoms with Gasteiger partial charge in [-0.1, -0.05) is 48.2 Å². The molecule has 5 rings (SSSR count). The van der Waals surface area contributed by atoms with Crippen molar-refractivity contribution in [2.24, 2.45) is 0 Å². The van der Waals surface area contributed by atoms with E-state index < -0.39 is 0 Å². The van der Waals surface area contributed by atoms with E-state index in [0.29, 0.717) is 12.3 Å². The number of fused-ring (bicyclic) bond motifs is 1. The van der Waals surface area contributed by atoms with E-state index in [2.05, 4.69) is 32.3 Å². The van der Waals surface area contributed by atoms with Crippen LogP contribution in [0.3, 0.4) is 0 Å². The average Bonchev–Trinajstić information content (AvgIpc) is 3.48. The third-order valence-corrected chi connectivity index (χ3v) is 5.05. The third-order valence-electron chi connectivity index (χ3n) is 5.05. The minimum absolute atomic E-state index is 0.102. The van der Waals surface area contributed by atoms with E-state index in [1.807, 2.05) is 60.7 Å². The number of hydrogen-bond acceptors (Lipinski definition) is 4. The third kappa shape index (κ3) is 4.10. The highest BCUT2D eigenvalue weighted by molar-refractivity contribution is 5.89. The number of H-pyrrole nitrogens is 1. The van der Waals surface area contributed by atoms with Gasteiger partial charge in [-0.25, -0.2) is 9.78 Å². The molecule has 1 saturated heterocycles. The highest BCUT2D eigenvalue weighted by atomic mass is 16.7. The number of pyridine rings is 1. The number of benzene rings is 2. The summed E-state index contributed by atoms with van der Waals surface area (Å²) in [5.41, 5.74) is 4.01. The van der Waals surface area contributed by atoms with Crippen LogP contribution >= 0.6 is 0 Å². The first-order chi connectivity index (χ1) is 15.3. The SMILES string of the molecule is O=C(Nc1cccc(C#Cc2cnc3[nH]ncc3c2)c1)N1OCC[C@H]1c1ccccc1. The highest BCUT2D eigenvalue weighted by Crippen LogP contribution is 2.30. The molecule has 1 fully saturated rings. The van der Waals surface area contributed by atoms with Gasteiger partial charge in [0.2, 0.25) is 0 Å². The molecule has 2 N–H and O–H groups in total. The van der Waals surface area contributed by atoms with Gasteiger partial charge in [0.25, 0.3) is 0 Å². The van der Waals surface area contributed by atoms with Gasteiger partial charge in [0, 0.05) is 34.8 Å². The number of hydroxylamine groups is 2. The minimum atomic E-state index is -0.300. The fourth-order valence-electron chi connectivity index (χ4n) is 3.55. The van der Waals surface area contributed by atoms with Gasteiger partial charge in [-0.05, 0) is 29.8 Å². The molecule has 7 nitrogen and oxygen atoms in total. The zero-order valence-electron chi connectivity index (χ0n) is 16.6. The van der Waals surface area contributed by atoms with Crippen molar-refractivity contribution in [2.75, 3.05) is 11.9 Å². The number of nitrogens with one attached hydrogen (secondary N) is 2. The predicted molar refractivity (Wildman–Crippen MR) is 117 cm³/mol. The Morgan fingerprint density at radius 2 is 1.94 bits per heavy atom. The number of aromatic nitrogens is 3. The van der Waals surface area contributed by atoms with Crippen molar-refractivity contribution in [1.82, 2.24) is 20.2 Å². The van der Waals surface area contributed by atoms with E-state index in [4.69, 9.17) is 4.84 Å². The average molecular weight is 409 g/mol. The number of urea groups is 1. The maximum absolute atomic E-state index is 12.8. The molecule has 1 atom stereocenters. The number of carbonyl (C=O) groups is 1. The molecule has 2 aromatic heterocycles. The summed E-state index contributed by atoms with van der Waals surface area (Å²) >= 11 is 0. The molecule has 0 saturated carbocycles. The number of hydrogen-bond donors (Lipinski definition) is 2. The zero-order chi connectivity index (χ0) is 21.0. The molecule has 0 radical (unpaired) electrons. The Morgan fingerprint density at radius 3 is 2.84 bits per heavy atom. The van der Waals surface area contributed by atoms with Gasteiger partial charge in [-0.15, -0.1) is 0 Å². The first-order valence-electron chi connectivity index (χ1n) is 9.95. The molecular formula is C24H19N5O2. The number of carbonyl (C=O) groups excluding carboxylic acids is 1. The smallest absolute Gasteiger partial charge is 0.306 e. The monoisotopic (exact) mass is 409 g/mol. The molecule has 0 spiro atoms. The molecule has 31 heavy (non-hydrogen) atoms. The largest absolute Gasteiger partial charge is 0.346 e. The standard InChI is InChI=1S/C24H19N5O2/c30-24(29-22(11-12-31-29)19-6-2-1-3-7-19)27-21-8-4-5-17(14-21)9-10-18-13-20-16-26-28-23(20)25-15-18/h1-8,13-16,22H,11-12H2,(H,27,30)(H,25,26,28)/t22-/m0/s1. The maximum atomic E-state index is 12.8. The van der Waals surface area contributed by atoms with Crippen LogP contribution in [0.4, 0.5) is 10.5 Å². The summed E-state index contributed by atoms with van der Waals surface area (Å²) in [6.07, 6.45) is 4.18. The molecular weight excluding hydrogens is 390 g/mol. The van der Waals surface area contributed by atoms with Crippen LogP contribution in [-0.2, 0) is 4.84 Å². The van der Waals surface area contributed by atoms with Gasteiger partial charge in [0.1, 0.15) is 0 Å². The molecule has 1 aliphatic heterocycles. The van der Waals surface area contributed by atoms with Crippen LogP contribution < -0.4 is 5.32 Å². The zero-order valence-corrected chi connectivity index (χ0v) is 16.6. The second-order valence-corrected chi connectivity index (χ2v) is 7.17. The van der Waals surface area contributed by atoms with Crippen LogP contribution in [0.15, 0.2) is 73.1 Å². The Labute approximate surface area is 179 Å². The van der Waals surface area contributed by atoms with Gasteiger partial charge >= 0.3 is 6.03 Å². The Kier molecular flexibility index (Phi) is 5.05. The molecule has 152 valence electrons. The summed E-state index contributed by atoms with van der Waals surface area (Å²) < 4.78 is 0. The first-order valence-corrected chi connectivity index (χ1v) is 9.95. The molecule has 0 aliphatic carbocycles. The van der Waals surface area contributed by atoms with Gasteiger partial charge in [0.15, 0.2) is 5.65 Å². The number of nitrogens with zero attached hydrogens (tertiary/aromatic N) is 3. The van der Waals surface area contributed by atoms with E-state index in [-0.39, 0.29) is 12.1 Å². The Balaban J connectivity index is 1.31. The number of rotatable bonds is 2. The summed E-state index contributed by atoms with van der Waals surface area (Å²) in [6.45, 7) is 0.507. The Morgan fingerprint density at radius 1 is 1.06 bits per heavy atom. The molecule has 4 aromatic rings. The van der Waals surface area contributed by atoms with Crippen molar-refractivity contribution >= 4 is 22.8 Å². The Hall–Kier alpha value is -4.15. The van der Waals surface area contributed by atoms with Crippen LogP contribution in [0.1, 0.15) is 29.2 Å². The van der Waals surface area contributed by atoms with Crippen molar-refractivity contribution in [2.45, 2.75) is 12.5 Å². The summed E-state index contributed by atoms with van der Waals surface area (Å²) in [5, 5.41) is 12.0. The van der Waals surface area contributed by atoms with Crippen LogP contribution in [-0.4, -0.2) is 32.9 Å². The van der Waals surface area contributed by atoms with Gasteiger partial charge < -0.3 is 5.32 Å². The van der Waals surface area contributed by atoms with E-state index in [1.165, 1.54) is 5.06 Å². The van der Waals surface area contributed by atoms with E-state index in [1.54, 1.807) is 12.4 Å². The fourth-order valence-corrected chi connectivity index (χ4v) is 3.55. The first kappa shape index (κ1) is 18.9. The van der Waals surface area contributed by atoms with Gasteiger partial charge in [0.05, 0.1) is 18.8 Å². The van der Waals surface area contributed by atoms with Gasteiger partial charge in [-0.2, -0.15) is 10.2 Å². The van der Waals surface area contributed by atoms with Crippen molar-refractivity contribution in [3.8, 4) is 11.8 Å². The maximum Gasteiger partial charge on any atom is 0.346 e. The topological polar surface area (TPSA) is 83.1 Å². The lowest BCUT2D eigenvalue weighted by molar-refractivity contribution is -0.0829. The Bertz CT molecular complexity index is 1290. The van der Waals surface area contributed by atoms with Crippen molar-refractivity contribution in [3.63, 3.8) is 0 Å². The molecule has 0 unspecified atom stereocenters. The molecule has 2 amide bonds. The lowest BCUT2D eigenvalue weighted by atomic mass is 10.1. The second kappa shape index (κ2) is 8.30. The van der Waals surface area contributed by atoms with E-state index in [9.17, 15) is 4.79 Å². The highest BCUT2D eigenvalue weighted by Gasteiger charge is 2.31. The number of aromatic amines is 1. The minimum Gasteiger partial charge on any atom is -0.306 e. The van der Waals surface area contributed by atoms with Crippen LogP contribution in [0.5, 0.6) is 0 Å². The van der Waals surface area contributed by atoms with E-state index >= 15 is 0 Å². The summed E-state index contributed by atoms with van der Waals surface area (Å²) in [4.78, 5) is 22.7. The normalized spacial score (nSPS) is 15.5. The van der Waals surface area contributed by atoms with Crippen molar-refractivity contribution < 1.29 is 9.63 Å². The number of anilines is 1. The molecule has 0 bridgehead atoms. The molecule has 7 heteroatoms. The van der Waals surface area contributed by atoms with Crippen LogP contribution in [0.25, 0.3) is 11.0 Å². The number of amides is 2. The fraction of sp³-hybridized carbons (Fsp3) is 0.125. The molecule has 3 heterocycles. The van der Waals surface area contributed by atoms with Crippen LogP contribution in [0.2, 0.25) is 0 Å².